The van der Waals surface area contributed by atoms with Gasteiger partial charge in [0.05, 0.1) is 17.3 Å². The van der Waals surface area contributed by atoms with Crippen LogP contribution in [0.25, 0.3) is 0 Å². The average molecular weight is 260 g/mol. The zero-order valence-electron chi connectivity index (χ0n) is 11.9. The van der Waals surface area contributed by atoms with E-state index in [9.17, 15) is 9.59 Å². The molecule has 1 amide bonds. The van der Waals surface area contributed by atoms with E-state index in [1.54, 1.807) is 0 Å². The van der Waals surface area contributed by atoms with Gasteiger partial charge in [-0.1, -0.05) is 19.1 Å². The lowest BCUT2D eigenvalue weighted by Gasteiger charge is -2.24. The van der Waals surface area contributed by atoms with E-state index in [1.807, 2.05) is 24.8 Å². The molecule has 0 aromatic carbocycles. The second-order valence-corrected chi connectivity index (χ2v) is 5.04. The second-order valence-electron chi connectivity index (χ2n) is 5.04. The number of aromatic nitrogens is 1. The van der Waals surface area contributed by atoms with Crippen LogP contribution in [0.2, 0.25) is 0 Å². The van der Waals surface area contributed by atoms with Crippen molar-refractivity contribution in [1.82, 2.24) is 9.88 Å². The van der Waals surface area contributed by atoms with Crippen LogP contribution in [0.1, 0.15) is 52.4 Å². The van der Waals surface area contributed by atoms with Gasteiger partial charge in [-0.3, -0.25) is 9.59 Å². The van der Waals surface area contributed by atoms with E-state index >= 15 is 0 Å². The average Bonchev–Trinajstić information content (AvgIpc) is 2.93. The van der Waals surface area contributed by atoms with Crippen molar-refractivity contribution in [1.29, 1.82) is 0 Å². The molecule has 1 aliphatic rings. The predicted octanol–water partition coefficient (Wildman–Crippen LogP) is 2.62. The van der Waals surface area contributed by atoms with Gasteiger partial charge < -0.3 is 9.88 Å². The Bertz CT molecular complexity index is 555. The van der Waals surface area contributed by atoms with Crippen molar-refractivity contribution in [2.45, 2.75) is 40.2 Å². The molecule has 0 aliphatic carbocycles. The summed E-state index contributed by atoms with van der Waals surface area (Å²) in [6.45, 7) is 7.91. The van der Waals surface area contributed by atoms with Crippen LogP contribution in [-0.2, 0) is 0 Å². The van der Waals surface area contributed by atoms with E-state index in [1.165, 1.54) is 6.92 Å². The molecular formula is C15H20N2O2. The molecule has 0 bridgehead atoms. The smallest absolute Gasteiger partial charge is 0.256 e. The first-order valence-corrected chi connectivity index (χ1v) is 6.65. The van der Waals surface area contributed by atoms with Crippen molar-refractivity contribution in [2.75, 3.05) is 6.54 Å². The minimum absolute atomic E-state index is 0.00981. The summed E-state index contributed by atoms with van der Waals surface area (Å²) in [6, 6.07) is 0.168. The summed E-state index contributed by atoms with van der Waals surface area (Å²) in [6.07, 6.45) is 5.00. The molecular weight excluding hydrogens is 240 g/mol. The maximum Gasteiger partial charge on any atom is 0.256 e. The van der Waals surface area contributed by atoms with Gasteiger partial charge in [0.1, 0.15) is 0 Å². The Morgan fingerprint density at radius 2 is 2.11 bits per heavy atom. The number of amides is 1. The zero-order valence-corrected chi connectivity index (χ0v) is 11.9. The largest absolute Gasteiger partial charge is 0.355 e. The molecule has 1 aromatic rings. The van der Waals surface area contributed by atoms with E-state index in [0.717, 1.165) is 17.7 Å². The number of ketones is 1. The van der Waals surface area contributed by atoms with Crippen LogP contribution < -0.4 is 0 Å². The lowest BCUT2D eigenvalue weighted by Crippen LogP contribution is -2.36. The van der Waals surface area contributed by atoms with Gasteiger partial charge in [-0.05, 0) is 25.8 Å². The Morgan fingerprint density at radius 3 is 2.63 bits per heavy atom. The topological polar surface area (TPSA) is 53.2 Å². The highest BCUT2D eigenvalue weighted by atomic mass is 16.2. The number of Topliss-reactive ketones (excluding diaryl/α,β-unsaturated/α-hetero) is 1. The molecule has 0 unspecified atom stereocenters. The molecule has 1 aliphatic heterocycles. The third-order valence-corrected chi connectivity index (χ3v) is 3.74. The van der Waals surface area contributed by atoms with Gasteiger partial charge in [0.15, 0.2) is 5.78 Å². The Labute approximate surface area is 113 Å². The van der Waals surface area contributed by atoms with Gasteiger partial charge in [-0.15, -0.1) is 0 Å². The van der Waals surface area contributed by atoms with Crippen molar-refractivity contribution in [3.63, 3.8) is 0 Å². The molecule has 19 heavy (non-hydrogen) atoms. The minimum Gasteiger partial charge on any atom is -0.355 e. The molecule has 4 nitrogen and oxygen atoms in total. The summed E-state index contributed by atoms with van der Waals surface area (Å²) < 4.78 is 0. The van der Waals surface area contributed by atoms with E-state index < -0.39 is 0 Å². The van der Waals surface area contributed by atoms with E-state index in [-0.39, 0.29) is 17.7 Å². The molecule has 1 atom stereocenters. The third kappa shape index (κ3) is 2.23. The van der Waals surface area contributed by atoms with E-state index in [0.29, 0.717) is 17.8 Å². The van der Waals surface area contributed by atoms with Crippen molar-refractivity contribution in [3.8, 4) is 0 Å². The Kier molecular flexibility index (Phi) is 3.60. The van der Waals surface area contributed by atoms with Crippen LogP contribution in [0.15, 0.2) is 12.2 Å². The van der Waals surface area contributed by atoms with Gasteiger partial charge in [-0.25, -0.2) is 0 Å². The molecule has 1 N–H and O–H groups in total. The maximum atomic E-state index is 12.6. The number of rotatable bonds is 3. The first-order valence-electron chi connectivity index (χ1n) is 6.65. The highest BCUT2D eigenvalue weighted by Crippen LogP contribution is 2.23. The summed E-state index contributed by atoms with van der Waals surface area (Å²) in [4.78, 5) is 29.1. The molecule has 0 saturated heterocycles. The Morgan fingerprint density at radius 1 is 1.42 bits per heavy atom. The van der Waals surface area contributed by atoms with Gasteiger partial charge in [-0.2, -0.15) is 0 Å². The van der Waals surface area contributed by atoms with Gasteiger partial charge in [0.2, 0.25) is 0 Å². The number of carbonyl (C=O) groups excluding carboxylic acids is 2. The third-order valence-electron chi connectivity index (χ3n) is 3.74. The molecule has 2 heterocycles. The first-order chi connectivity index (χ1) is 8.97. The Hall–Kier alpha value is -1.84. The van der Waals surface area contributed by atoms with Crippen LogP contribution in [0.5, 0.6) is 0 Å². The molecule has 1 aromatic heterocycles. The second kappa shape index (κ2) is 5.03. The highest BCUT2D eigenvalue weighted by Gasteiger charge is 2.28. The number of H-pyrrole nitrogens is 1. The van der Waals surface area contributed by atoms with Gasteiger partial charge in [0, 0.05) is 19.2 Å². The molecule has 0 spiro atoms. The van der Waals surface area contributed by atoms with E-state index in [4.69, 9.17) is 0 Å². The van der Waals surface area contributed by atoms with E-state index in [2.05, 4.69) is 18.0 Å². The Balaban J connectivity index is 2.37. The first kappa shape index (κ1) is 13.6. The molecule has 4 heteroatoms. The number of carbonyl (C=O) groups is 2. The molecule has 2 rings (SSSR count). The van der Waals surface area contributed by atoms with Crippen LogP contribution in [0.4, 0.5) is 0 Å². The number of nitrogens with one attached hydrogen (secondary N) is 1. The van der Waals surface area contributed by atoms with Crippen LogP contribution in [-0.4, -0.2) is 34.2 Å². The number of nitrogens with zero attached hydrogens (tertiary/aromatic N) is 1. The van der Waals surface area contributed by atoms with Gasteiger partial charge in [0.25, 0.3) is 5.91 Å². The number of hydrogen-bond acceptors (Lipinski definition) is 2. The number of hydrogen-bond donors (Lipinski definition) is 1. The lowest BCUT2D eigenvalue weighted by atomic mass is 10.1. The lowest BCUT2D eigenvalue weighted by molar-refractivity contribution is 0.0746. The molecule has 0 radical (unpaired) electrons. The van der Waals surface area contributed by atoms with Crippen LogP contribution in [0, 0.1) is 13.8 Å². The fraction of sp³-hybridized carbons (Fsp3) is 0.467. The predicted molar refractivity (Wildman–Crippen MR) is 74.5 cm³/mol. The minimum atomic E-state index is -0.0359. The normalized spacial score (nSPS) is 18.1. The monoisotopic (exact) mass is 260 g/mol. The molecule has 0 fully saturated rings. The zero-order chi connectivity index (χ0) is 14.2. The fourth-order valence-corrected chi connectivity index (χ4v) is 2.73. The van der Waals surface area contributed by atoms with Crippen molar-refractivity contribution >= 4 is 11.7 Å². The summed E-state index contributed by atoms with van der Waals surface area (Å²) in [7, 11) is 0. The molecule has 0 saturated carbocycles. The standard InChI is InChI=1S/C15H20N2O2/c1-5-12-7-6-8-17(12)15(19)13-9(2)14(11(4)18)16-10(13)3/h6-7,12,16H,5,8H2,1-4H3/t12-/m0/s1. The van der Waals surface area contributed by atoms with Crippen LogP contribution >= 0.6 is 0 Å². The maximum absolute atomic E-state index is 12.6. The van der Waals surface area contributed by atoms with Crippen molar-refractivity contribution in [2.24, 2.45) is 0 Å². The summed E-state index contributed by atoms with van der Waals surface area (Å²) in [5.74, 6) is -0.0261. The summed E-state index contributed by atoms with van der Waals surface area (Å²) >= 11 is 0. The van der Waals surface area contributed by atoms with Crippen molar-refractivity contribution < 1.29 is 9.59 Å². The summed E-state index contributed by atoms with van der Waals surface area (Å²) in [5.41, 5.74) is 2.72. The molecule has 102 valence electrons. The fourth-order valence-electron chi connectivity index (χ4n) is 2.73. The highest BCUT2D eigenvalue weighted by molar-refractivity contribution is 6.02. The van der Waals surface area contributed by atoms with Gasteiger partial charge >= 0.3 is 0 Å². The number of aromatic amines is 1. The SMILES string of the molecule is CC[C@H]1C=CCN1C(=O)c1c(C)[nH]c(C(C)=O)c1C. The quantitative estimate of drug-likeness (QED) is 0.671. The summed E-state index contributed by atoms with van der Waals surface area (Å²) in [5, 5.41) is 0. The van der Waals surface area contributed by atoms with Crippen LogP contribution in [0.3, 0.4) is 0 Å². The number of aryl methyl sites for hydroxylation is 1. The van der Waals surface area contributed by atoms with Crippen molar-refractivity contribution in [3.05, 3.63) is 34.7 Å².